The monoisotopic (exact) mass is 545 g/mol. The number of rotatable bonds is 12. The summed E-state index contributed by atoms with van der Waals surface area (Å²) in [5, 5.41) is 11.0. The quantitative estimate of drug-likeness (QED) is 0.215. The molecule has 1 saturated heterocycles. The van der Waals surface area contributed by atoms with Crippen molar-refractivity contribution in [2.45, 2.75) is 57.8 Å². The normalized spacial score (nSPS) is 19.1. The third-order valence-corrected chi connectivity index (χ3v) is 7.61. The standard InChI is InChI=1S/C34H40FNO4/c1-4-39-34(38)17-16-28-12-8-9-13-32(28)25(3)40-23-31(37)22-36-21-29(27-10-6-5-7-11-27)20-30(36)18-26-15-14-24(2)33(35)19-26/h5-17,19,25,29-31,37H,4,18,20-23H2,1-3H3/t25-,29-,30-,31-/m1/s1. The van der Waals surface area contributed by atoms with E-state index in [2.05, 4.69) is 29.2 Å². The van der Waals surface area contributed by atoms with Gasteiger partial charge in [0.25, 0.3) is 0 Å². The molecule has 1 heterocycles. The van der Waals surface area contributed by atoms with E-state index in [1.807, 2.05) is 49.4 Å². The van der Waals surface area contributed by atoms with E-state index in [0.29, 0.717) is 24.6 Å². The van der Waals surface area contributed by atoms with Gasteiger partial charge in [-0.2, -0.15) is 0 Å². The van der Waals surface area contributed by atoms with Gasteiger partial charge in [0, 0.05) is 25.2 Å². The van der Waals surface area contributed by atoms with E-state index < -0.39 is 6.10 Å². The van der Waals surface area contributed by atoms with Crippen LogP contribution in [0.15, 0.2) is 78.9 Å². The minimum absolute atomic E-state index is 0.176. The van der Waals surface area contributed by atoms with Gasteiger partial charge in [0.05, 0.1) is 25.4 Å². The molecular weight excluding hydrogens is 505 g/mol. The Kier molecular flexibility index (Phi) is 10.6. The topological polar surface area (TPSA) is 59.0 Å². The number of β-amino-alcohol motifs (C(OH)–C–C–N with tert-alkyl or cyclic N) is 1. The highest BCUT2D eigenvalue weighted by atomic mass is 19.1. The second-order valence-corrected chi connectivity index (χ2v) is 10.6. The fourth-order valence-electron chi connectivity index (χ4n) is 5.47. The lowest BCUT2D eigenvalue weighted by atomic mass is 9.94. The fraction of sp³-hybridized carbons (Fsp3) is 0.382. The first-order chi connectivity index (χ1) is 19.3. The number of hydrogen-bond donors (Lipinski definition) is 1. The summed E-state index contributed by atoms with van der Waals surface area (Å²) in [6.45, 7) is 7.30. The summed E-state index contributed by atoms with van der Waals surface area (Å²) in [7, 11) is 0. The second kappa shape index (κ2) is 14.4. The molecule has 0 aliphatic carbocycles. The van der Waals surface area contributed by atoms with Crippen LogP contribution in [-0.2, 0) is 20.7 Å². The van der Waals surface area contributed by atoms with Crippen LogP contribution in [0.1, 0.15) is 60.1 Å². The van der Waals surface area contributed by atoms with Crippen LogP contribution in [0, 0.1) is 12.7 Å². The molecule has 3 aromatic carbocycles. The summed E-state index contributed by atoms with van der Waals surface area (Å²) in [5.41, 5.74) is 4.71. The smallest absolute Gasteiger partial charge is 0.330 e. The van der Waals surface area contributed by atoms with E-state index in [9.17, 15) is 14.3 Å². The highest BCUT2D eigenvalue weighted by Gasteiger charge is 2.34. The molecule has 212 valence electrons. The van der Waals surface area contributed by atoms with E-state index in [1.165, 1.54) is 11.6 Å². The first-order valence-corrected chi connectivity index (χ1v) is 14.1. The number of aliphatic hydroxyl groups is 1. The van der Waals surface area contributed by atoms with Gasteiger partial charge in [0.1, 0.15) is 5.82 Å². The van der Waals surface area contributed by atoms with E-state index in [1.54, 1.807) is 26.0 Å². The van der Waals surface area contributed by atoms with Crippen molar-refractivity contribution in [2.75, 3.05) is 26.3 Å². The number of aryl methyl sites for hydroxylation is 1. The Labute approximate surface area is 237 Å². The Balaban J connectivity index is 1.40. The van der Waals surface area contributed by atoms with Crippen LogP contribution in [0.25, 0.3) is 6.08 Å². The van der Waals surface area contributed by atoms with Crippen molar-refractivity contribution >= 4 is 12.0 Å². The van der Waals surface area contributed by atoms with Gasteiger partial charge in [-0.3, -0.25) is 4.90 Å². The third kappa shape index (κ3) is 8.10. The summed E-state index contributed by atoms with van der Waals surface area (Å²) < 4.78 is 25.4. The number of benzene rings is 3. The zero-order valence-electron chi connectivity index (χ0n) is 23.6. The molecule has 1 fully saturated rings. The van der Waals surface area contributed by atoms with Gasteiger partial charge in [-0.05, 0) is 79.5 Å². The zero-order chi connectivity index (χ0) is 28.5. The molecule has 6 heteroatoms. The van der Waals surface area contributed by atoms with Gasteiger partial charge in [0.2, 0.25) is 0 Å². The van der Waals surface area contributed by atoms with Crippen LogP contribution in [0.3, 0.4) is 0 Å². The predicted molar refractivity (Wildman–Crippen MR) is 156 cm³/mol. The molecule has 0 amide bonds. The van der Waals surface area contributed by atoms with Crippen LogP contribution in [0.5, 0.6) is 0 Å². The van der Waals surface area contributed by atoms with E-state index >= 15 is 0 Å². The van der Waals surface area contributed by atoms with Crippen molar-refractivity contribution in [3.05, 3.63) is 113 Å². The lowest BCUT2D eigenvalue weighted by Crippen LogP contribution is -2.39. The van der Waals surface area contributed by atoms with Crippen molar-refractivity contribution in [1.29, 1.82) is 0 Å². The Morgan fingerprint density at radius 1 is 1.12 bits per heavy atom. The van der Waals surface area contributed by atoms with Crippen LogP contribution >= 0.6 is 0 Å². The maximum absolute atomic E-state index is 14.3. The zero-order valence-corrected chi connectivity index (χ0v) is 23.6. The van der Waals surface area contributed by atoms with Crippen molar-refractivity contribution in [3.8, 4) is 0 Å². The molecule has 3 aromatic rings. The molecule has 5 nitrogen and oxygen atoms in total. The van der Waals surface area contributed by atoms with E-state index in [4.69, 9.17) is 9.47 Å². The highest BCUT2D eigenvalue weighted by Crippen LogP contribution is 2.34. The van der Waals surface area contributed by atoms with Gasteiger partial charge in [0.15, 0.2) is 0 Å². The molecule has 1 aliphatic rings. The van der Waals surface area contributed by atoms with Gasteiger partial charge >= 0.3 is 5.97 Å². The van der Waals surface area contributed by atoms with Crippen LogP contribution in [0.2, 0.25) is 0 Å². The molecule has 0 saturated carbocycles. The van der Waals surface area contributed by atoms with Gasteiger partial charge in [-0.25, -0.2) is 9.18 Å². The second-order valence-electron chi connectivity index (χ2n) is 10.6. The molecule has 1 N–H and O–H groups in total. The third-order valence-electron chi connectivity index (χ3n) is 7.61. The minimum Gasteiger partial charge on any atom is -0.463 e. The number of halogens is 1. The molecule has 0 aromatic heterocycles. The summed E-state index contributed by atoms with van der Waals surface area (Å²) in [4.78, 5) is 14.1. The lowest BCUT2D eigenvalue weighted by Gasteiger charge is -2.27. The molecule has 0 radical (unpaired) electrons. The molecule has 0 bridgehead atoms. The summed E-state index contributed by atoms with van der Waals surface area (Å²) >= 11 is 0. The number of esters is 1. The predicted octanol–water partition coefficient (Wildman–Crippen LogP) is 6.25. The number of nitrogens with zero attached hydrogens (tertiary/aromatic N) is 1. The molecule has 0 unspecified atom stereocenters. The molecule has 4 rings (SSSR count). The molecule has 1 aliphatic heterocycles. The SMILES string of the molecule is CCOC(=O)C=Cc1ccccc1[C@@H](C)OC[C@H](O)CN1C[C@H](c2ccccc2)C[C@H]1Cc1ccc(C)c(F)c1. The molecule has 40 heavy (non-hydrogen) atoms. The van der Waals surface area contributed by atoms with Crippen molar-refractivity contribution in [1.82, 2.24) is 4.90 Å². The van der Waals surface area contributed by atoms with Gasteiger partial charge in [-0.1, -0.05) is 66.7 Å². The molecular formula is C34H40FNO4. The fourth-order valence-corrected chi connectivity index (χ4v) is 5.47. The average molecular weight is 546 g/mol. The number of aliphatic hydroxyl groups excluding tert-OH is 1. The van der Waals surface area contributed by atoms with Gasteiger partial charge in [-0.15, -0.1) is 0 Å². The van der Waals surface area contributed by atoms with Crippen LogP contribution < -0.4 is 0 Å². The summed E-state index contributed by atoms with van der Waals surface area (Å²) in [6, 6.07) is 23.9. The molecule has 4 atom stereocenters. The van der Waals surface area contributed by atoms with Crippen LogP contribution in [0.4, 0.5) is 4.39 Å². The number of carbonyl (C=O) groups is 1. The van der Waals surface area contributed by atoms with Crippen molar-refractivity contribution < 1.29 is 23.8 Å². The maximum Gasteiger partial charge on any atom is 0.330 e. The largest absolute Gasteiger partial charge is 0.463 e. The van der Waals surface area contributed by atoms with Crippen molar-refractivity contribution in [3.63, 3.8) is 0 Å². The van der Waals surface area contributed by atoms with E-state index in [-0.39, 0.29) is 30.5 Å². The number of carbonyl (C=O) groups excluding carboxylic acids is 1. The maximum atomic E-state index is 14.3. The summed E-state index contributed by atoms with van der Waals surface area (Å²) in [5.74, 6) is -0.211. The average Bonchev–Trinajstić information content (AvgIpc) is 3.35. The van der Waals surface area contributed by atoms with E-state index in [0.717, 1.165) is 36.1 Å². The van der Waals surface area contributed by atoms with Gasteiger partial charge < -0.3 is 14.6 Å². The van der Waals surface area contributed by atoms with Crippen LogP contribution in [-0.4, -0.2) is 54.4 Å². The first-order valence-electron chi connectivity index (χ1n) is 14.1. The minimum atomic E-state index is -0.684. The Hall–Kier alpha value is -3.32. The Morgan fingerprint density at radius 2 is 1.88 bits per heavy atom. The lowest BCUT2D eigenvalue weighted by molar-refractivity contribution is -0.137. The first kappa shape index (κ1) is 29.7. The molecule has 0 spiro atoms. The summed E-state index contributed by atoms with van der Waals surface area (Å²) in [6.07, 6.45) is 3.86. The Morgan fingerprint density at radius 3 is 2.62 bits per heavy atom. The highest BCUT2D eigenvalue weighted by molar-refractivity contribution is 5.87. The Bertz CT molecular complexity index is 1280. The van der Waals surface area contributed by atoms with Crippen molar-refractivity contribution in [2.24, 2.45) is 0 Å². The number of hydrogen-bond acceptors (Lipinski definition) is 5. The number of ether oxygens (including phenoxy) is 2. The number of likely N-dealkylation sites (tertiary alicyclic amines) is 1.